The van der Waals surface area contributed by atoms with Gasteiger partial charge in [0.1, 0.15) is 0 Å². The molecule has 0 spiro atoms. The largest absolute Gasteiger partial charge is 0.362 e. The van der Waals surface area contributed by atoms with Crippen LogP contribution in [0.15, 0.2) is 18.2 Å². The van der Waals surface area contributed by atoms with Crippen LogP contribution in [0.5, 0.6) is 0 Å². The van der Waals surface area contributed by atoms with Gasteiger partial charge in [-0.05, 0) is 50.9 Å². The van der Waals surface area contributed by atoms with Gasteiger partial charge < -0.3 is 10.2 Å². The Bertz CT molecular complexity index is 434. The second kappa shape index (κ2) is 9.45. The summed E-state index contributed by atoms with van der Waals surface area (Å²) >= 11 is 6.71. The summed E-state index contributed by atoms with van der Waals surface area (Å²) in [7, 11) is -0.571. The molecule has 0 aliphatic rings. The maximum atomic E-state index is 6.71. The smallest absolute Gasteiger partial charge is 0.0873 e. The predicted molar refractivity (Wildman–Crippen MR) is 113 cm³/mol. The summed E-state index contributed by atoms with van der Waals surface area (Å²) in [5, 5.41) is 8.27. The molecule has 0 unspecified atom stereocenters. The van der Waals surface area contributed by atoms with Crippen molar-refractivity contribution in [2.24, 2.45) is 0 Å². The van der Waals surface area contributed by atoms with Gasteiger partial charge in [-0.15, -0.1) is 0 Å². The van der Waals surface area contributed by atoms with Crippen molar-refractivity contribution in [3.8, 4) is 0 Å². The quantitative estimate of drug-likeness (QED) is 0.458. The van der Waals surface area contributed by atoms with Gasteiger partial charge in [0.25, 0.3) is 0 Å². The molecule has 0 fully saturated rings. The number of hydrogen-bond acceptors (Lipinski definition) is 2. The summed E-state index contributed by atoms with van der Waals surface area (Å²) in [6.07, 6.45) is 0. The van der Waals surface area contributed by atoms with Crippen LogP contribution < -0.4 is 10.2 Å². The highest BCUT2D eigenvalue weighted by atomic mass is 35.5. The molecule has 0 aliphatic carbocycles. The Morgan fingerprint density at radius 3 is 1.26 bits per heavy atom. The van der Waals surface area contributed by atoms with E-state index < -0.39 is 0 Å². The lowest BCUT2D eigenvalue weighted by Gasteiger charge is -2.30. The minimum atomic E-state index is -0.286. The standard InChI is InChI=1S/C18H33ClN2P2/c1-12(2)22(13(3)4)20-16-10-9-11-17(18(16)19)21-23(14(5)6)15(7)8/h9-15,20-21H,1-8H3. The van der Waals surface area contributed by atoms with Crippen molar-refractivity contribution in [1.82, 2.24) is 0 Å². The van der Waals surface area contributed by atoms with E-state index in [4.69, 9.17) is 11.6 Å². The van der Waals surface area contributed by atoms with Crippen LogP contribution in [-0.2, 0) is 0 Å². The molecule has 0 bridgehead atoms. The minimum Gasteiger partial charge on any atom is -0.362 e. The van der Waals surface area contributed by atoms with E-state index in [1.807, 2.05) is 0 Å². The molecule has 2 nitrogen and oxygen atoms in total. The third kappa shape index (κ3) is 6.08. The van der Waals surface area contributed by atoms with Crippen molar-refractivity contribution >= 4 is 39.1 Å². The number of halogens is 1. The lowest BCUT2D eigenvalue weighted by atomic mass is 10.3. The van der Waals surface area contributed by atoms with Gasteiger partial charge in [-0.2, -0.15) is 0 Å². The van der Waals surface area contributed by atoms with Crippen LogP contribution in [0.4, 0.5) is 11.4 Å². The van der Waals surface area contributed by atoms with E-state index in [0.29, 0.717) is 22.6 Å². The molecular weight excluding hydrogens is 342 g/mol. The number of benzene rings is 1. The molecule has 5 heteroatoms. The van der Waals surface area contributed by atoms with E-state index in [9.17, 15) is 0 Å². The molecule has 0 atom stereocenters. The van der Waals surface area contributed by atoms with E-state index in [-0.39, 0.29) is 16.1 Å². The fourth-order valence-electron chi connectivity index (χ4n) is 2.69. The SMILES string of the molecule is CC(C)P(Nc1cccc(NP(C(C)C)C(C)C)c1Cl)C(C)C. The zero-order chi connectivity index (χ0) is 17.7. The molecule has 0 saturated carbocycles. The molecule has 1 aromatic carbocycles. The predicted octanol–water partition coefficient (Wildman–Crippen LogP) is 7.59. The average Bonchev–Trinajstić information content (AvgIpc) is 2.43. The number of hydrogen-bond donors (Lipinski definition) is 2. The zero-order valence-corrected chi connectivity index (χ0v) is 18.4. The van der Waals surface area contributed by atoms with E-state index in [0.717, 1.165) is 16.4 Å². The van der Waals surface area contributed by atoms with Crippen LogP contribution in [0, 0.1) is 0 Å². The van der Waals surface area contributed by atoms with Crippen LogP contribution in [0.1, 0.15) is 55.4 Å². The van der Waals surface area contributed by atoms with Crippen molar-refractivity contribution in [3.63, 3.8) is 0 Å². The monoisotopic (exact) mass is 374 g/mol. The Balaban J connectivity index is 3.02. The third-order valence-corrected chi connectivity index (χ3v) is 9.58. The first kappa shape index (κ1) is 21.0. The van der Waals surface area contributed by atoms with Crippen LogP contribution in [0.2, 0.25) is 5.02 Å². The minimum absolute atomic E-state index is 0.286. The summed E-state index contributed by atoms with van der Waals surface area (Å²) in [6.45, 7) is 18.3. The second-order valence-electron chi connectivity index (χ2n) is 7.08. The molecule has 0 amide bonds. The van der Waals surface area contributed by atoms with Crippen LogP contribution in [0.3, 0.4) is 0 Å². The summed E-state index contributed by atoms with van der Waals surface area (Å²) in [6, 6.07) is 6.29. The molecule has 0 heterocycles. The Labute approximate surface area is 150 Å². The van der Waals surface area contributed by atoms with Gasteiger partial charge in [0.2, 0.25) is 0 Å². The van der Waals surface area contributed by atoms with Gasteiger partial charge in [0.05, 0.1) is 16.4 Å². The van der Waals surface area contributed by atoms with E-state index in [1.54, 1.807) is 0 Å². The Morgan fingerprint density at radius 1 is 0.696 bits per heavy atom. The molecule has 0 radical (unpaired) electrons. The number of rotatable bonds is 8. The van der Waals surface area contributed by atoms with E-state index in [1.165, 1.54) is 0 Å². The molecule has 0 aromatic heterocycles. The number of nitrogens with one attached hydrogen (secondary N) is 2. The lowest BCUT2D eigenvalue weighted by Crippen LogP contribution is -2.12. The molecule has 23 heavy (non-hydrogen) atoms. The normalized spacial score (nSPS) is 12.3. The van der Waals surface area contributed by atoms with Crippen molar-refractivity contribution in [2.45, 2.75) is 78.0 Å². The highest BCUT2D eigenvalue weighted by Gasteiger charge is 2.21. The van der Waals surface area contributed by atoms with Crippen molar-refractivity contribution in [2.75, 3.05) is 10.2 Å². The molecule has 0 saturated heterocycles. The summed E-state index contributed by atoms with van der Waals surface area (Å²) < 4.78 is 0. The molecule has 132 valence electrons. The summed E-state index contributed by atoms with van der Waals surface area (Å²) in [5.74, 6) is 0. The summed E-state index contributed by atoms with van der Waals surface area (Å²) in [4.78, 5) is 0. The van der Waals surface area contributed by atoms with Crippen molar-refractivity contribution in [3.05, 3.63) is 23.2 Å². The fourth-order valence-corrected chi connectivity index (χ4v) is 7.39. The maximum absolute atomic E-state index is 6.71. The maximum Gasteiger partial charge on any atom is 0.0873 e. The molecular formula is C18H33ClN2P2. The zero-order valence-electron chi connectivity index (χ0n) is 15.8. The summed E-state index contributed by atoms with van der Waals surface area (Å²) in [5.41, 5.74) is 4.63. The van der Waals surface area contributed by atoms with Gasteiger partial charge >= 0.3 is 0 Å². The van der Waals surface area contributed by atoms with Crippen LogP contribution in [0.25, 0.3) is 0 Å². The Morgan fingerprint density at radius 2 is 1.00 bits per heavy atom. The highest BCUT2D eigenvalue weighted by Crippen LogP contribution is 2.50. The topological polar surface area (TPSA) is 24.1 Å². The second-order valence-corrected chi connectivity index (χ2v) is 13.7. The van der Waals surface area contributed by atoms with Crippen LogP contribution in [-0.4, -0.2) is 22.6 Å². The first-order valence-corrected chi connectivity index (χ1v) is 11.9. The van der Waals surface area contributed by atoms with Crippen LogP contribution >= 0.6 is 27.7 Å². The Hall–Kier alpha value is -0.0300. The van der Waals surface area contributed by atoms with Gasteiger partial charge in [-0.3, -0.25) is 0 Å². The third-order valence-electron chi connectivity index (χ3n) is 3.72. The fraction of sp³-hybridized carbons (Fsp3) is 0.667. The van der Waals surface area contributed by atoms with Crippen molar-refractivity contribution < 1.29 is 0 Å². The molecule has 2 N–H and O–H groups in total. The van der Waals surface area contributed by atoms with E-state index in [2.05, 4.69) is 83.8 Å². The van der Waals surface area contributed by atoms with E-state index >= 15 is 0 Å². The number of anilines is 2. The highest BCUT2D eigenvalue weighted by molar-refractivity contribution is 7.61. The van der Waals surface area contributed by atoms with Crippen molar-refractivity contribution in [1.29, 1.82) is 0 Å². The van der Waals surface area contributed by atoms with Gasteiger partial charge in [-0.1, -0.05) is 73.1 Å². The lowest BCUT2D eigenvalue weighted by molar-refractivity contribution is 1.01. The first-order chi connectivity index (χ1) is 10.6. The van der Waals surface area contributed by atoms with Gasteiger partial charge in [0.15, 0.2) is 0 Å². The first-order valence-electron chi connectivity index (χ1n) is 8.53. The molecule has 0 aliphatic heterocycles. The van der Waals surface area contributed by atoms with Gasteiger partial charge in [-0.25, -0.2) is 0 Å². The average molecular weight is 375 g/mol. The molecule has 1 rings (SSSR count). The Kier molecular flexibility index (Phi) is 8.64. The van der Waals surface area contributed by atoms with Gasteiger partial charge in [0, 0.05) is 0 Å². The molecule has 1 aromatic rings.